The summed E-state index contributed by atoms with van der Waals surface area (Å²) in [6.45, 7) is 5.67. The first kappa shape index (κ1) is 17.5. The second-order valence-electron chi connectivity index (χ2n) is 5.63. The van der Waals surface area contributed by atoms with Gasteiger partial charge in [0, 0.05) is 10.7 Å². The van der Waals surface area contributed by atoms with Crippen LogP contribution < -0.4 is 10.6 Å². The Bertz CT molecular complexity index is 699. The van der Waals surface area contributed by atoms with Gasteiger partial charge in [-0.15, -0.1) is 11.3 Å². The molecule has 2 N–H and O–H groups in total. The molecule has 1 aromatic heterocycles. The molecule has 0 bridgehead atoms. The maximum absolute atomic E-state index is 12.5. The highest BCUT2D eigenvalue weighted by Crippen LogP contribution is 2.20. The van der Waals surface area contributed by atoms with Gasteiger partial charge in [0.25, 0.3) is 5.91 Å². The molecular weight excluding hydrogens is 332 g/mol. The highest BCUT2D eigenvalue weighted by Gasteiger charge is 2.25. The van der Waals surface area contributed by atoms with Crippen molar-refractivity contribution in [1.29, 1.82) is 0 Å². The Balaban J connectivity index is 2.09. The van der Waals surface area contributed by atoms with Crippen LogP contribution in [0.15, 0.2) is 35.7 Å². The molecule has 6 heteroatoms. The molecule has 0 aliphatic heterocycles. The third-order valence-corrected chi connectivity index (χ3v) is 4.70. The van der Waals surface area contributed by atoms with Crippen LogP contribution in [-0.4, -0.2) is 17.9 Å². The minimum atomic E-state index is -0.621. The molecule has 2 aromatic rings. The number of carbonyl (C=O) groups excluding carboxylic acids is 2. The number of rotatable bonds is 5. The van der Waals surface area contributed by atoms with Crippen molar-refractivity contribution in [2.75, 3.05) is 5.32 Å². The summed E-state index contributed by atoms with van der Waals surface area (Å²) in [6, 6.07) is 8.25. The fourth-order valence-electron chi connectivity index (χ4n) is 2.05. The van der Waals surface area contributed by atoms with Crippen LogP contribution in [0, 0.1) is 12.8 Å². The van der Waals surface area contributed by atoms with Gasteiger partial charge in [0.15, 0.2) is 0 Å². The zero-order valence-electron chi connectivity index (χ0n) is 13.2. The van der Waals surface area contributed by atoms with E-state index in [4.69, 9.17) is 11.6 Å². The van der Waals surface area contributed by atoms with Gasteiger partial charge in [0.1, 0.15) is 6.04 Å². The minimum Gasteiger partial charge on any atom is -0.339 e. The quantitative estimate of drug-likeness (QED) is 0.852. The number of hydrogen-bond acceptors (Lipinski definition) is 3. The average molecular weight is 351 g/mol. The molecule has 4 nitrogen and oxygen atoms in total. The van der Waals surface area contributed by atoms with Crippen molar-refractivity contribution in [1.82, 2.24) is 5.32 Å². The second kappa shape index (κ2) is 7.62. The Kier molecular flexibility index (Phi) is 5.80. The predicted molar refractivity (Wildman–Crippen MR) is 95.2 cm³/mol. The molecular formula is C17H19ClN2O2S. The van der Waals surface area contributed by atoms with Crippen LogP contribution in [0.3, 0.4) is 0 Å². The zero-order chi connectivity index (χ0) is 17.0. The number of thiophene rings is 1. The highest BCUT2D eigenvalue weighted by molar-refractivity contribution is 7.12. The van der Waals surface area contributed by atoms with Crippen molar-refractivity contribution >= 4 is 40.4 Å². The lowest BCUT2D eigenvalue weighted by atomic mass is 10.0. The maximum Gasteiger partial charge on any atom is 0.262 e. The predicted octanol–water partition coefficient (Wildman–Crippen LogP) is 4.10. The minimum absolute atomic E-state index is 0.0418. The summed E-state index contributed by atoms with van der Waals surface area (Å²) in [6.07, 6.45) is 0. The van der Waals surface area contributed by atoms with Gasteiger partial charge in [-0.05, 0) is 42.0 Å². The van der Waals surface area contributed by atoms with Gasteiger partial charge in [-0.2, -0.15) is 0 Å². The second-order valence-corrected chi connectivity index (χ2v) is 6.98. The van der Waals surface area contributed by atoms with E-state index in [1.807, 2.05) is 32.2 Å². The molecule has 2 amide bonds. The normalized spacial score (nSPS) is 12.0. The van der Waals surface area contributed by atoms with Crippen LogP contribution in [0.4, 0.5) is 5.69 Å². The molecule has 0 unspecified atom stereocenters. The van der Waals surface area contributed by atoms with Gasteiger partial charge < -0.3 is 10.6 Å². The van der Waals surface area contributed by atoms with E-state index in [1.165, 1.54) is 11.3 Å². The lowest BCUT2D eigenvalue weighted by molar-refractivity contribution is -0.118. The molecule has 1 aromatic carbocycles. The smallest absolute Gasteiger partial charge is 0.262 e. The number of halogens is 1. The van der Waals surface area contributed by atoms with Crippen LogP contribution in [0.1, 0.15) is 29.1 Å². The summed E-state index contributed by atoms with van der Waals surface area (Å²) in [5.41, 5.74) is 1.55. The maximum atomic E-state index is 12.5. The van der Waals surface area contributed by atoms with Gasteiger partial charge in [0.05, 0.1) is 4.88 Å². The Morgan fingerprint density at radius 2 is 1.96 bits per heavy atom. The number of aryl methyl sites for hydroxylation is 1. The van der Waals surface area contributed by atoms with Gasteiger partial charge in [-0.25, -0.2) is 0 Å². The van der Waals surface area contributed by atoms with Crippen molar-refractivity contribution in [3.63, 3.8) is 0 Å². The third kappa shape index (κ3) is 4.56. The van der Waals surface area contributed by atoms with E-state index in [1.54, 1.807) is 24.3 Å². The summed E-state index contributed by atoms with van der Waals surface area (Å²) in [4.78, 5) is 25.2. The van der Waals surface area contributed by atoms with E-state index in [2.05, 4.69) is 10.6 Å². The molecule has 0 fully saturated rings. The first-order valence-electron chi connectivity index (χ1n) is 7.30. The summed E-state index contributed by atoms with van der Waals surface area (Å²) in [7, 11) is 0. The number of hydrogen-bond donors (Lipinski definition) is 2. The Hall–Kier alpha value is -1.85. The van der Waals surface area contributed by atoms with E-state index in [0.29, 0.717) is 15.6 Å². The van der Waals surface area contributed by atoms with Crippen LogP contribution in [0.25, 0.3) is 0 Å². The van der Waals surface area contributed by atoms with Crippen LogP contribution in [-0.2, 0) is 4.79 Å². The number of nitrogens with one attached hydrogen (secondary N) is 2. The fraction of sp³-hybridized carbons (Fsp3) is 0.294. The number of anilines is 1. The molecule has 23 heavy (non-hydrogen) atoms. The first-order chi connectivity index (χ1) is 10.9. The number of amides is 2. The van der Waals surface area contributed by atoms with Crippen LogP contribution >= 0.6 is 22.9 Å². The van der Waals surface area contributed by atoms with Gasteiger partial charge in [0.2, 0.25) is 5.91 Å². The van der Waals surface area contributed by atoms with E-state index in [0.717, 1.165) is 5.56 Å². The number of carbonyl (C=O) groups is 2. The molecule has 0 spiro atoms. The zero-order valence-corrected chi connectivity index (χ0v) is 14.8. The van der Waals surface area contributed by atoms with Crippen molar-refractivity contribution < 1.29 is 9.59 Å². The molecule has 0 aliphatic rings. The molecule has 122 valence electrons. The Labute approximate surface area is 144 Å². The standard InChI is InChI=1S/C17H19ClN2O2S/c1-10(2)15(20-16(21)14-5-4-8-23-14)17(22)19-12-7-6-11(3)13(18)9-12/h4-10,15H,1-3H3,(H,19,22)(H,20,21)/t15-/m0/s1. The molecule has 0 aliphatic carbocycles. The van der Waals surface area contributed by atoms with Crippen molar-refractivity contribution in [3.05, 3.63) is 51.2 Å². The van der Waals surface area contributed by atoms with Crippen molar-refractivity contribution in [2.45, 2.75) is 26.8 Å². The summed E-state index contributed by atoms with van der Waals surface area (Å²) >= 11 is 7.41. The largest absolute Gasteiger partial charge is 0.339 e. The lowest BCUT2D eigenvalue weighted by Gasteiger charge is -2.21. The van der Waals surface area contributed by atoms with Crippen LogP contribution in [0.2, 0.25) is 5.02 Å². The first-order valence-corrected chi connectivity index (χ1v) is 8.55. The third-order valence-electron chi connectivity index (χ3n) is 3.42. The topological polar surface area (TPSA) is 58.2 Å². The highest BCUT2D eigenvalue weighted by atomic mass is 35.5. The molecule has 0 saturated carbocycles. The summed E-state index contributed by atoms with van der Waals surface area (Å²) < 4.78 is 0. The van der Waals surface area contributed by atoms with E-state index < -0.39 is 6.04 Å². The van der Waals surface area contributed by atoms with Gasteiger partial charge in [-0.1, -0.05) is 37.6 Å². The van der Waals surface area contributed by atoms with E-state index in [9.17, 15) is 9.59 Å². The summed E-state index contributed by atoms with van der Waals surface area (Å²) in [5, 5.41) is 8.02. The van der Waals surface area contributed by atoms with E-state index in [-0.39, 0.29) is 17.7 Å². The van der Waals surface area contributed by atoms with E-state index >= 15 is 0 Å². The van der Waals surface area contributed by atoms with Gasteiger partial charge >= 0.3 is 0 Å². The monoisotopic (exact) mass is 350 g/mol. The Morgan fingerprint density at radius 3 is 2.52 bits per heavy atom. The molecule has 1 heterocycles. The number of benzene rings is 1. The van der Waals surface area contributed by atoms with Crippen molar-refractivity contribution in [2.24, 2.45) is 5.92 Å². The molecule has 1 atom stereocenters. The Morgan fingerprint density at radius 1 is 1.22 bits per heavy atom. The molecule has 0 saturated heterocycles. The average Bonchev–Trinajstić information content (AvgIpc) is 3.02. The fourth-order valence-corrected chi connectivity index (χ4v) is 2.85. The molecule has 0 radical (unpaired) electrons. The van der Waals surface area contributed by atoms with Crippen LogP contribution in [0.5, 0.6) is 0 Å². The lowest BCUT2D eigenvalue weighted by Crippen LogP contribution is -2.46. The SMILES string of the molecule is Cc1ccc(NC(=O)[C@@H](NC(=O)c2cccs2)C(C)C)cc1Cl. The van der Waals surface area contributed by atoms with Gasteiger partial charge in [-0.3, -0.25) is 9.59 Å². The molecule has 2 rings (SSSR count). The van der Waals surface area contributed by atoms with Crippen molar-refractivity contribution in [3.8, 4) is 0 Å². The summed E-state index contributed by atoms with van der Waals surface area (Å²) in [5.74, 6) is -0.541.